The summed E-state index contributed by atoms with van der Waals surface area (Å²) in [5.41, 5.74) is 0.517. The minimum Gasteiger partial charge on any atom is -0.507 e. The predicted octanol–water partition coefficient (Wildman–Crippen LogP) is 1.97. The number of hydrogen-bond donors (Lipinski definition) is 5. The molecule has 0 aromatic heterocycles. The van der Waals surface area contributed by atoms with E-state index in [1.165, 1.54) is 32.0 Å². The van der Waals surface area contributed by atoms with E-state index in [9.17, 15) is 39.9 Å². The van der Waals surface area contributed by atoms with E-state index in [-0.39, 0.29) is 51.3 Å². The zero-order valence-electron chi connectivity index (χ0n) is 23.5. The number of phenols is 1. The van der Waals surface area contributed by atoms with Crippen LogP contribution >= 0.6 is 0 Å². The summed E-state index contributed by atoms with van der Waals surface area (Å²) in [6.07, 6.45) is -5.71. The first kappa shape index (κ1) is 30.3. The molecular formula is C32H32O11. The van der Waals surface area contributed by atoms with Crippen molar-refractivity contribution in [2.45, 2.75) is 70.4 Å². The van der Waals surface area contributed by atoms with E-state index >= 15 is 0 Å². The fourth-order valence-electron chi connectivity index (χ4n) is 5.53. The topological polar surface area (TPSA) is 180 Å². The lowest BCUT2D eigenvalue weighted by Gasteiger charge is -2.39. The molecule has 1 fully saturated rings. The number of carbonyl (C=O) groups excluding carboxylic acids is 3. The van der Waals surface area contributed by atoms with Gasteiger partial charge in [0.15, 0.2) is 11.6 Å². The monoisotopic (exact) mass is 592 g/mol. The third-order valence-corrected chi connectivity index (χ3v) is 7.72. The van der Waals surface area contributed by atoms with Crippen molar-refractivity contribution in [3.63, 3.8) is 0 Å². The van der Waals surface area contributed by atoms with Gasteiger partial charge in [-0.1, -0.05) is 30.3 Å². The molecule has 1 aliphatic carbocycles. The number of fused-ring (bicyclic) bond motifs is 2. The van der Waals surface area contributed by atoms with Crippen molar-refractivity contribution in [3.8, 4) is 17.2 Å². The molecule has 11 heteroatoms. The third kappa shape index (κ3) is 5.77. The predicted molar refractivity (Wildman–Crippen MR) is 150 cm³/mol. The zero-order valence-corrected chi connectivity index (χ0v) is 23.5. The van der Waals surface area contributed by atoms with E-state index in [1.54, 1.807) is 0 Å². The summed E-state index contributed by atoms with van der Waals surface area (Å²) in [5.74, 6) is -2.68. The number of rotatable bonds is 8. The molecule has 11 nitrogen and oxygen atoms in total. The van der Waals surface area contributed by atoms with Crippen molar-refractivity contribution in [2.75, 3.05) is 0 Å². The van der Waals surface area contributed by atoms with Crippen LogP contribution in [-0.2, 0) is 29.0 Å². The molecule has 3 aromatic carbocycles. The fourth-order valence-corrected chi connectivity index (χ4v) is 5.53. The number of aryl methyl sites for hydroxylation is 1. The molecule has 3 aromatic rings. The van der Waals surface area contributed by atoms with Crippen LogP contribution in [0.15, 0.2) is 48.5 Å². The van der Waals surface area contributed by atoms with Crippen molar-refractivity contribution >= 4 is 17.5 Å². The van der Waals surface area contributed by atoms with E-state index in [1.807, 2.05) is 30.3 Å². The molecule has 0 spiro atoms. The largest absolute Gasteiger partial charge is 0.507 e. The molecule has 1 saturated heterocycles. The van der Waals surface area contributed by atoms with Crippen molar-refractivity contribution in [1.82, 2.24) is 0 Å². The number of benzene rings is 3. The van der Waals surface area contributed by atoms with Crippen LogP contribution in [0.1, 0.15) is 68.8 Å². The number of aliphatic hydroxyl groups is 4. The second-order valence-corrected chi connectivity index (χ2v) is 10.7. The Morgan fingerprint density at radius 3 is 2.28 bits per heavy atom. The highest BCUT2D eigenvalue weighted by Crippen LogP contribution is 2.43. The van der Waals surface area contributed by atoms with E-state index in [4.69, 9.17) is 14.2 Å². The highest BCUT2D eigenvalue weighted by atomic mass is 16.7. The highest BCUT2D eigenvalue weighted by molar-refractivity contribution is 6.30. The van der Waals surface area contributed by atoms with Gasteiger partial charge in [0.1, 0.15) is 35.6 Å². The first-order valence-corrected chi connectivity index (χ1v) is 13.9. The Kier molecular flexibility index (Phi) is 8.63. The van der Waals surface area contributed by atoms with Gasteiger partial charge in [0.2, 0.25) is 6.29 Å². The molecule has 5 N–H and O–H groups in total. The molecule has 5 atom stereocenters. The molecule has 0 radical (unpaired) electrons. The lowest BCUT2D eigenvalue weighted by molar-refractivity contribution is -0.268. The smallest absolute Gasteiger partial charge is 0.308 e. The molecule has 0 saturated carbocycles. The Balaban J connectivity index is 1.59. The van der Waals surface area contributed by atoms with Gasteiger partial charge < -0.3 is 39.7 Å². The standard InChI is InChI=1S/C32H32O11/c1-15-26(35)30(39)31(40)32(41-15)43-23-13-22-25(28(37)20(23)10-6-9-17-7-4-3-5-8-17)29(38)24-18(14-33)11-19(42-16(2)34)12-21(24)27(22)36/h3-5,7-8,11-13,15,26,30-33,35,37,39-40H,6,9-10,14H2,1-2H3/t15-,26-,30-,31-,32-/m1/s1. The fraction of sp³-hybridized carbons (Fsp3) is 0.344. The Labute approximate surface area is 246 Å². The molecule has 43 heavy (non-hydrogen) atoms. The average Bonchev–Trinajstić information content (AvgIpc) is 2.98. The molecule has 0 amide bonds. The number of aliphatic hydroxyl groups excluding tert-OH is 4. The minimum absolute atomic E-state index is 0.0432. The van der Waals surface area contributed by atoms with Crippen LogP contribution in [0.4, 0.5) is 0 Å². The summed E-state index contributed by atoms with van der Waals surface area (Å²) in [7, 11) is 0. The van der Waals surface area contributed by atoms with Gasteiger partial charge >= 0.3 is 5.97 Å². The lowest BCUT2D eigenvalue weighted by Crippen LogP contribution is -2.58. The zero-order chi connectivity index (χ0) is 31.0. The summed E-state index contributed by atoms with van der Waals surface area (Å²) < 4.78 is 16.7. The molecule has 1 heterocycles. The summed E-state index contributed by atoms with van der Waals surface area (Å²) in [5, 5.41) is 52.5. The van der Waals surface area contributed by atoms with Gasteiger partial charge in [-0.3, -0.25) is 14.4 Å². The lowest BCUT2D eigenvalue weighted by atomic mass is 9.80. The number of carbonyl (C=O) groups is 3. The van der Waals surface area contributed by atoms with Crippen LogP contribution < -0.4 is 9.47 Å². The Bertz CT molecular complexity index is 1570. The maximum absolute atomic E-state index is 13.8. The van der Waals surface area contributed by atoms with Gasteiger partial charge in [0, 0.05) is 29.2 Å². The molecule has 2 aliphatic rings. The number of ether oxygens (including phenoxy) is 3. The molecular weight excluding hydrogens is 560 g/mol. The van der Waals surface area contributed by atoms with Crippen molar-refractivity contribution in [3.05, 3.63) is 87.5 Å². The molecule has 1 aliphatic heterocycles. The quantitative estimate of drug-likeness (QED) is 0.149. The second kappa shape index (κ2) is 12.2. The Hall–Kier alpha value is -4.13. The summed E-state index contributed by atoms with van der Waals surface area (Å²) in [6, 6.07) is 13.4. The van der Waals surface area contributed by atoms with E-state index in [0.717, 1.165) is 5.56 Å². The normalized spacial score (nSPS) is 23.0. The first-order valence-electron chi connectivity index (χ1n) is 13.9. The number of esters is 1. The number of hydrogen-bond acceptors (Lipinski definition) is 11. The van der Waals surface area contributed by atoms with Crippen LogP contribution in [0.25, 0.3) is 0 Å². The van der Waals surface area contributed by atoms with E-state index in [2.05, 4.69) is 0 Å². The SMILES string of the molecule is CC(=O)Oc1cc(CO)c2c(c1)C(=O)c1cc(O[C@H]3O[C@H](C)[C@@H](O)[C@@H](O)[C@H]3O)c(CCCc3ccccc3)c(O)c1C2=O. The number of phenolic OH excluding ortho intramolecular Hbond substituents is 1. The van der Waals surface area contributed by atoms with Crippen LogP contribution in [0, 0.1) is 0 Å². The minimum atomic E-state index is -1.67. The summed E-state index contributed by atoms with van der Waals surface area (Å²) in [6.45, 7) is 2.01. The van der Waals surface area contributed by atoms with Crippen molar-refractivity contribution in [1.29, 1.82) is 0 Å². The second-order valence-electron chi connectivity index (χ2n) is 10.7. The maximum atomic E-state index is 13.8. The number of ketones is 2. The highest BCUT2D eigenvalue weighted by Gasteiger charge is 2.44. The molecule has 226 valence electrons. The van der Waals surface area contributed by atoms with Gasteiger partial charge in [-0.15, -0.1) is 0 Å². The van der Waals surface area contributed by atoms with Crippen molar-refractivity contribution in [2.24, 2.45) is 0 Å². The Morgan fingerprint density at radius 2 is 1.60 bits per heavy atom. The van der Waals surface area contributed by atoms with Crippen LogP contribution in [0.2, 0.25) is 0 Å². The van der Waals surface area contributed by atoms with Gasteiger partial charge in [0.05, 0.1) is 18.3 Å². The van der Waals surface area contributed by atoms with E-state index < -0.39 is 60.6 Å². The van der Waals surface area contributed by atoms with Crippen LogP contribution in [-0.4, -0.2) is 73.8 Å². The number of aromatic hydroxyl groups is 1. The van der Waals surface area contributed by atoms with Gasteiger partial charge in [-0.05, 0) is 55.5 Å². The first-order chi connectivity index (χ1) is 20.5. The van der Waals surface area contributed by atoms with Gasteiger partial charge in [-0.25, -0.2) is 0 Å². The summed E-state index contributed by atoms with van der Waals surface area (Å²) in [4.78, 5) is 39.2. The molecule has 0 unspecified atom stereocenters. The summed E-state index contributed by atoms with van der Waals surface area (Å²) >= 11 is 0. The van der Waals surface area contributed by atoms with E-state index in [0.29, 0.717) is 12.8 Å². The molecule has 0 bridgehead atoms. The van der Waals surface area contributed by atoms with Crippen LogP contribution in [0.3, 0.4) is 0 Å². The van der Waals surface area contributed by atoms with Crippen LogP contribution in [0.5, 0.6) is 17.2 Å². The van der Waals surface area contributed by atoms with Gasteiger partial charge in [0.25, 0.3) is 0 Å². The average molecular weight is 593 g/mol. The van der Waals surface area contributed by atoms with Gasteiger partial charge in [-0.2, -0.15) is 0 Å². The third-order valence-electron chi connectivity index (χ3n) is 7.72. The maximum Gasteiger partial charge on any atom is 0.308 e. The molecule has 5 rings (SSSR count). The van der Waals surface area contributed by atoms with Crippen molar-refractivity contribution < 1.29 is 54.1 Å². The Morgan fingerprint density at radius 1 is 0.907 bits per heavy atom.